The van der Waals surface area contributed by atoms with Gasteiger partial charge in [0.25, 0.3) is 0 Å². The van der Waals surface area contributed by atoms with Crippen LogP contribution in [0.5, 0.6) is 0 Å². The van der Waals surface area contributed by atoms with Crippen molar-refractivity contribution in [1.29, 1.82) is 5.26 Å². The van der Waals surface area contributed by atoms with Gasteiger partial charge >= 0.3 is 0 Å². The number of nitriles is 1. The number of morpholine rings is 1. The minimum atomic E-state index is -3.63. The molecule has 0 aromatic heterocycles. The summed E-state index contributed by atoms with van der Waals surface area (Å²) in [5.74, 6) is 0. The summed E-state index contributed by atoms with van der Waals surface area (Å²) >= 11 is 0. The summed E-state index contributed by atoms with van der Waals surface area (Å²) < 4.78 is 33.1. The highest BCUT2D eigenvalue weighted by Gasteiger charge is 2.26. The summed E-state index contributed by atoms with van der Waals surface area (Å²) in [6.07, 6.45) is 0.186. The van der Waals surface area contributed by atoms with Gasteiger partial charge in [-0.05, 0) is 22.9 Å². The smallest absolute Gasteiger partial charge is 0.243 e. The zero-order valence-corrected chi connectivity index (χ0v) is 15.5. The normalized spacial score (nSPS) is 16.0. The molecular formula is C19H24N3O3S+. The molecule has 1 N–H and O–H groups in total. The molecule has 0 radical (unpaired) electrons. The van der Waals surface area contributed by atoms with Crippen LogP contribution in [0.1, 0.15) is 6.42 Å². The van der Waals surface area contributed by atoms with Gasteiger partial charge in [0.15, 0.2) is 0 Å². The minimum Gasteiger partial charge on any atom is -0.370 e. The highest BCUT2D eigenvalue weighted by molar-refractivity contribution is 7.89. The van der Waals surface area contributed by atoms with Crippen LogP contribution in [-0.4, -0.2) is 58.7 Å². The van der Waals surface area contributed by atoms with Gasteiger partial charge in [-0.1, -0.05) is 30.3 Å². The number of hydrogen-bond donors (Lipinski definition) is 1. The first-order chi connectivity index (χ1) is 12.6. The minimum absolute atomic E-state index is 0.186. The van der Waals surface area contributed by atoms with E-state index in [0.29, 0.717) is 19.8 Å². The number of benzene rings is 2. The number of nitrogens with one attached hydrogen (secondary N) is 1. The van der Waals surface area contributed by atoms with Crippen molar-refractivity contribution in [3.8, 4) is 6.07 Å². The van der Waals surface area contributed by atoms with Crippen LogP contribution in [0.4, 0.5) is 0 Å². The topological polar surface area (TPSA) is 74.8 Å². The largest absolute Gasteiger partial charge is 0.370 e. The Balaban J connectivity index is 1.81. The fraction of sp³-hybridized carbons (Fsp3) is 0.421. The van der Waals surface area contributed by atoms with Crippen molar-refractivity contribution in [2.24, 2.45) is 0 Å². The van der Waals surface area contributed by atoms with Crippen molar-refractivity contribution in [2.75, 3.05) is 45.9 Å². The Kier molecular flexibility index (Phi) is 6.22. The number of rotatable bonds is 7. The summed E-state index contributed by atoms with van der Waals surface area (Å²) in [6.45, 7) is 4.56. The van der Waals surface area contributed by atoms with Crippen LogP contribution in [0.2, 0.25) is 0 Å². The van der Waals surface area contributed by atoms with Crippen LogP contribution >= 0.6 is 0 Å². The number of nitrogens with zero attached hydrogens (tertiary/aromatic N) is 2. The third kappa shape index (κ3) is 4.40. The van der Waals surface area contributed by atoms with E-state index >= 15 is 0 Å². The molecule has 7 heteroatoms. The van der Waals surface area contributed by atoms with Crippen LogP contribution in [0, 0.1) is 11.3 Å². The molecule has 1 aliphatic heterocycles. The van der Waals surface area contributed by atoms with Crippen LogP contribution in [0.25, 0.3) is 10.8 Å². The standard InChI is InChI=1S/C19H23N3O3S/c20-8-3-9-22(11-10-21-12-14-25-15-13-21)26(23,24)19-7-6-17-4-1-2-5-18(17)16-19/h1-2,4-7,16H,3,9-15H2/p+1. The van der Waals surface area contributed by atoms with Gasteiger partial charge in [0.1, 0.15) is 13.1 Å². The molecule has 2 aromatic rings. The second-order valence-corrected chi connectivity index (χ2v) is 8.37. The molecule has 3 rings (SSSR count). The highest BCUT2D eigenvalue weighted by Crippen LogP contribution is 2.21. The molecule has 0 bridgehead atoms. The lowest BCUT2D eigenvalue weighted by Gasteiger charge is -2.27. The average molecular weight is 374 g/mol. The maximum atomic E-state index is 13.1. The molecule has 0 saturated carbocycles. The van der Waals surface area contributed by atoms with Crippen molar-refractivity contribution >= 4 is 20.8 Å². The monoisotopic (exact) mass is 374 g/mol. The molecule has 1 fully saturated rings. The Morgan fingerprint density at radius 3 is 2.54 bits per heavy atom. The Morgan fingerprint density at radius 1 is 1.08 bits per heavy atom. The van der Waals surface area contributed by atoms with Gasteiger partial charge < -0.3 is 9.64 Å². The predicted octanol–water partition coefficient (Wildman–Crippen LogP) is 0.659. The molecule has 6 nitrogen and oxygen atoms in total. The van der Waals surface area contributed by atoms with E-state index in [9.17, 15) is 8.42 Å². The molecule has 0 atom stereocenters. The zero-order valence-electron chi connectivity index (χ0n) is 14.7. The van der Waals surface area contributed by atoms with E-state index in [-0.39, 0.29) is 17.9 Å². The Bertz CT molecular complexity index is 886. The SMILES string of the molecule is N#CCCN(CC[NH+]1CCOCC1)S(=O)(=O)c1ccc2ccccc2c1. The van der Waals surface area contributed by atoms with Crippen molar-refractivity contribution < 1.29 is 18.1 Å². The second-order valence-electron chi connectivity index (χ2n) is 6.43. The quantitative estimate of drug-likeness (QED) is 0.773. The van der Waals surface area contributed by atoms with Crippen LogP contribution in [0.15, 0.2) is 47.4 Å². The van der Waals surface area contributed by atoms with Gasteiger partial charge in [-0.15, -0.1) is 0 Å². The van der Waals surface area contributed by atoms with Gasteiger partial charge in [-0.25, -0.2) is 8.42 Å². The van der Waals surface area contributed by atoms with Crippen molar-refractivity contribution in [3.05, 3.63) is 42.5 Å². The third-order valence-electron chi connectivity index (χ3n) is 4.75. The molecule has 0 spiro atoms. The number of sulfonamides is 1. The molecule has 0 aliphatic carbocycles. The molecule has 26 heavy (non-hydrogen) atoms. The first-order valence-electron chi connectivity index (χ1n) is 8.88. The molecule has 0 amide bonds. The second kappa shape index (κ2) is 8.60. The number of ether oxygens (including phenoxy) is 1. The third-order valence-corrected chi connectivity index (χ3v) is 6.64. The van der Waals surface area contributed by atoms with E-state index in [0.717, 1.165) is 30.4 Å². The van der Waals surface area contributed by atoms with E-state index in [2.05, 4.69) is 6.07 Å². The van der Waals surface area contributed by atoms with Gasteiger partial charge in [-0.3, -0.25) is 0 Å². The summed E-state index contributed by atoms with van der Waals surface area (Å²) in [5.41, 5.74) is 0. The zero-order chi connectivity index (χ0) is 18.4. The van der Waals surface area contributed by atoms with Crippen molar-refractivity contribution in [2.45, 2.75) is 11.3 Å². The highest BCUT2D eigenvalue weighted by atomic mass is 32.2. The molecule has 0 unspecified atom stereocenters. The van der Waals surface area contributed by atoms with Gasteiger partial charge in [0, 0.05) is 13.0 Å². The first kappa shape index (κ1) is 18.8. The maximum absolute atomic E-state index is 13.1. The summed E-state index contributed by atoms with van der Waals surface area (Å²) in [6, 6.07) is 14.9. The number of quaternary nitrogens is 1. The average Bonchev–Trinajstić information content (AvgIpc) is 2.68. The molecular weight excluding hydrogens is 350 g/mol. The fourth-order valence-corrected chi connectivity index (χ4v) is 4.67. The number of hydrogen-bond acceptors (Lipinski definition) is 4. The lowest BCUT2D eigenvalue weighted by Crippen LogP contribution is -3.14. The molecule has 1 heterocycles. The van der Waals surface area contributed by atoms with Crippen LogP contribution in [-0.2, 0) is 14.8 Å². The Labute approximate surface area is 154 Å². The van der Waals surface area contributed by atoms with Gasteiger partial charge in [0.05, 0.1) is 37.3 Å². The van der Waals surface area contributed by atoms with Crippen molar-refractivity contribution in [3.63, 3.8) is 0 Å². The van der Waals surface area contributed by atoms with E-state index in [4.69, 9.17) is 10.00 Å². The lowest BCUT2D eigenvalue weighted by atomic mass is 10.1. The Hall–Kier alpha value is -1.98. The van der Waals surface area contributed by atoms with E-state index in [1.165, 1.54) is 9.21 Å². The molecule has 2 aromatic carbocycles. The maximum Gasteiger partial charge on any atom is 0.243 e. The van der Waals surface area contributed by atoms with E-state index in [1.54, 1.807) is 12.1 Å². The lowest BCUT2D eigenvalue weighted by molar-refractivity contribution is -0.907. The predicted molar refractivity (Wildman–Crippen MR) is 99.3 cm³/mol. The van der Waals surface area contributed by atoms with E-state index < -0.39 is 10.0 Å². The van der Waals surface area contributed by atoms with Crippen molar-refractivity contribution in [1.82, 2.24) is 4.31 Å². The molecule has 1 aliphatic rings. The summed E-state index contributed by atoms with van der Waals surface area (Å²) in [7, 11) is -3.63. The van der Waals surface area contributed by atoms with Crippen LogP contribution in [0.3, 0.4) is 0 Å². The van der Waals surface area contributed by atoms with Crippen LogP contribution < -0.4 is 4.90 Å². The fourth-order valence-electron chi connectivity index (χ4n) is 3.20. The van der Waals surface area contributed by atoms with E-state index in [1.807, 2.05) is 30.3 Å². The summed E-state index contributed by atoms with van der Waals surface area (Å²) in [5, 5.41) is 10.8. The molecule has 138 valence electrons. The number of fused-ring (bicyclic) bond motifs is 1. The summed E-state index contributed by atoms with van der Waals surface area (Å²) in [4.78, 5) is 1.62. The molecule has 1 saturated heterocycles. The first-order valence-corrected chi connectivity index (χ1v) is 10.3. The van der Waals surface area contributed by atoms with Gasteiger partial charge in [0.2, 0.25) is 10.0 Å². The van der Waals surface area contributed by atoms with Gasteiger partial charge in [-0.2, -0.15) is 9.57 Å². The Morgan fingerprint density at radius 2 is 1.81 bits per heavy atom.